The molecule has 0 spiro atoms. The first-order valence-corrected chi connectivity index (χ1v) is 16.9. The van der Waals surface area contributed by atoms with Gasteiger partial charge in [-0.3, -0.25) is 0 Å². The molecule has 0 N–H and O–H groups in total. The molecule has 0 bridgehead atoms. The Bertz CT molecular complexity index is 2140. The summed E-state index contributed by atoms with van der Waals surface area (Å²) in [5.74, 6) is 0. The zero-order chi connectivity index (χ0) is 29.6. The van der Waals surface area contributed by atoms with E-state index in [9.17, 15) is 0 Å². The Kier molecular flexibility index (Phi) is 7.19. The zero-order valence-electron chi connectivity index (χ0n) is 23.8. The van der Waals surface area contributed by atoms with E-state index in [2.05, 4.69) is 203 Å². The van der Waals surface area contributed by atoms with Crippen molar-refractivity contribution in [2.45, 2.75) is 0 Å². The van der Waals surface area contributed by atoms with Crippen molar-refractivity contribution in [3.63, 3.8) is 0 Å². The predicted octanol–water partition coefficient (Wildman–Crippen LogP) is 13.0. The molecule has 2 heteroatoms. The van der Waals surface area contributed by atoms with E-state index in [1.54, 1.807) is 0 Å². The van der Waals surface area contributed by atoms with Crippen molar-refractivity contribution >= 4 is 77.5 Å². The fraction of sp³-hybridized carbons (Fsp3) is 0. The van der Waals surface area contributed by atoms with E-state index in [0.29, 0.717) is 0 Å². The van der Waals surface area contributed by atoms with E-state index in [-0.39, 0.29) is 0 Å². The number of hydrogen-bond acceptors (Lipinski definition) is 0. The molecule has 0 aliphatic carbocycles. The number of rotatable bonds is 4. The summed E-state index contributed by atoms with van der Waals surface area (Å²) in [7, 11) is 0. The monoisotopic (exact) mass is 784 g/mol. The van der Waals surface area contributed by atoms with E-state index in [1.807, 2.05) is 0 Å². The summed E-state index contributed by atoms with van der Waals surface area (Å²) in [4.78, 5) is 0. The second kappa shape index (κ2) is 11.5. The van der Waals surface area contributed by atoms with E-state index in [0.717, 1.165) is 0 Å². The Morgan fingerprint density at radius 2 is 0.545 bits per heavy atom. The molecule has 0 radical (unpaired) electrons. The zero-order valence-corrected chi connectivity index (χ0v) is 28.1. The maximum absolute atomic E-state index is 2.54. The third kappa shape index (κ3) is 4.46. The fourth-order valence-corrected chi connectivity index (χ4v) is 8.37. The van der Waals surface area contributed by atoms with Gasteiger partial charge in [0.05, 0.1) is 0 Å². The summed E-state index contributed by atoms with van der Waals surface area (Å²) < 4.78 is 2.54. The highest BCUT2D eigenvalue weighted by Gasteiger charge is 2.27. The summed E-state index contributed by atoms with van der Waals surface area (Å²) >= 11 is 5.07. The van der Waals surface area contributed by atoms with Crippen LogP contribution in [0.4, 0.5) is 0 Å². The van der Waals surface area contributed by atoms with Crippen LogP contribution in [0, 0.1) is 7.14 Å². The van der Waals surface area contributed by atoms with Crippen LogP contribution in [0.2, 0.25) is 0 Å². The van der Waals surface area contributed by atoms with Gasteiger partial charge in [-0.05, 0) is 123 Å². The molecule has 0 saturated heterocycles. The SMILES string of the molecule is Ic1cccc2c1c1c(I)cccc1c1c(-c3ccccc3)c(-c3ccccc3)c(-c3ccccc3)c(-c3ccccc3)c21. The quantitative estimate of drug-likeness (QED) is 0.123. The van der Waals surface area contributed by atoms with Crippen LogP contribution in [0.5, 0.6) is 0 Å². The minimum Gasteiger partial charge on any atom is -0.0622 e. The lowest BCUT2D eigenvalue weighted by molar-refractivity contribution is 1.57. The van der Waals surface area contributed by atoms with E-state index in [1.165, 1.54) is 84.0 Å². The Balaban J connectivity index is 1.80. The molecule has 44 heavy (non-hydrogen) atoms. The third-order valence-corrected chi connectivity index (χ3v) is 10.4. The van der Waals surface area contributed by atoms with E-state index in [4.69, 9.17) is 0 Å². The molecule has 0 aromatic heterocycles. The van der Waals surface area contributed by atoms with Gasteiger partial charge in [0.1, 0.15) is 0 Å². The van der Waals surface area contributed by atoms with Gasteiger partial charge in [0.2, 0.25) is 0 Å². The topological polar surface area (TPSA) is 0 Å². The minimum absolute atomic E-state index is 1.21. The summed E-state index contributed by atoms with van der Waals surface area (Å²) in [6.45, 7) is 0. The normalized spacial score (nSPS) is 11.4. The molecule has 0 heterocycles. The second-order valence-electron chi connectivity index (χ2n) is 11.0. The number of benzene rings is 8. The van der Waals surface area contributed by atoms with Gasteiger partial charge in [-0.2, -0.15) is 0 Å². The molecule has 8 rings (SSSR count). The highest BCUT2D eigenvalue weighted by molar-refractivity contribution is 14.1. The van der Waals surface area contributed by atoms with Crippen LogP contribution in [0.3, 0.4) is 0 Å². The van der Waals surface area contributed by atoms with Crippen LogP contribution in [0.25, 0.3) is 76.8 Å². The molecule has 8 aromatic rings. The Hall–Kier alpha value is -4.00. The first kappa shape index (κ1) is 27.5. The molecule has 0 fully saturated rings. The first-order chi connectivity index (χ1) is 21.7. The van der Waals surface area contributed by atoms with Crippen LogP contribution < -0.4 is 0 Å². The molecule has 0 atom stereocenters. The summed E-state index contributed by atoms with van der Waals surface area (Å²) in [6.07, 6.45) is 0. The van der Waals surface area contributed by atoms with Crippen LogP contribution in [0.1, 0.15) is 0 Å². The first-order valence-electron chi connectivity index (χ1n) is 14.8. The molecule has 8 aromatic carbocycles. The van der Waals surface area contributed by atoms with Crippen molar-refractivity contribution in [3.8, 4) is 44.5 Å². The van der Waals surface area contributed by atoms with Gasteiger partial charge in [0.25, 0.3) is 0 Å². The Morgan fingerprint density at radius 3 is 0.864 bits per heavy atom. The molecule has 0 nitrogen and oxygen atoms in total. The van der Waals surface area contributed by atoms with Gasteiger partial charge in [-0.1, -0.05) is 146 Å². The van der Waals surface area contributed by atoms with Crippen LogP contribution in [-0.2, 0) is 0 Å². The molecular formula is C42H26I2. The molecule has 0 amide bonds. The van der Waals surface area contributed by atoms with Gasteiger partial charge in [0, 0.05) is 17.9 Å². The number of halogens is 2. The average molecular weight is 784 g/mol. The van der Waals surface area contributed by atoms with Gasteiger partial charge in [0.15, 0.2) is 0 Å². The van der Waals surface area contributed by atoms with Crippen LogP contribution in [-0.4, -0.2) is 0 Å². The van der Waals surface area contributed by atoms with Crippen molar-refractivity contribution in [1.82, 2.24) is 0 Å². The predicted molar refractivity (Wildman–Crippen MR) is 206 cm³/mol. The van der Waals surface area contributed by atoms with Crippen LogP contribution >= 0.6 is 45.2 Å². The summed E-state index contributed by atoms with van der Waals surface area (Å²) in [6, 6.07) is 57.5. The Morgan fingerprint density at radius 1 is 0.250 bits per heavy atom. The maximum atomic E-state index is 2.54. The van der Waals surface area contributed by atoms with Gasteiger partial charge < -0.3 is 0 Å². The lowest BCUT2D eigenvalue weighted by Gasteiger charge is -2.26. The van der Waals surface area contributed by atoms with E-state index >= 15 is 0 Å². The van der Waals surface area contributed by atoms with Gasteiger partial charge in [-0.15, -0.1) is 0 Å². The second-order valence-corrected chi connectivity index (χ2v) is 13.4. The standard InChI is InChI=1S/C42H26I2/c43-33-25-13-23-31-39(33)40-32(24-14-26-34(40)44)42-38(30-21-11-4-12-22-30)36(28-17-7-2-8-18-28)35(27-15-5-1-6-16-27)37(41(31)42)29-19-9-3-10-20-29/h1-26H. The van der Waals surface area contributed by atoms with Crippen molar-refractivity contribution in [3.05, 3.63) is 165 Å². The average Bonchev–Trinajstić information content (AvgIpc) is 3.09. The van der Waals surface area contributed by atoms with Crippen molar-refractivity contribution < 1.29 is 0 Å². The molecule has 208 valence electrons. The molecular weight excluding hydrogens is 758 g/mol. The van der Waals surface area contributed by atoms with Gasteiger partial charge >= 0.3 is 0 Å². The van der Waals surface area contributed by atoms with Crippen molar-refractivity contribution in [1.29, 1.82) is 0 Å². The summed E-state index contributed by atoms with van der Waals surface area (Å²) in [5.41, 5.74) is 9.95. The maximum Gasteiger partial charge on any atom is 0.0215 e. The lowest BCUT2D eigenvalue weighted by atomic mass is 9.76. The highest BCUT2D eigenvalue weighted by Crippen LogP contribution is 2.55. The minimum atomic E-state index is 1.21. The third-order valence-electron chi connectivity index (χ3n) is 8.57. The molecule has 0 aliphatic heterocycles. The fourth-order valence-electron chi connectivity index (χ4n) is 6.84. The Labute approximate surface area is 284 Å². The van der Waals surface area contributed by atoms with Crippen molar-refractivity contribution in [2.75, 3.05) is 0 Å². The molecule has 0 saturated carbocycles. The molecule has 0 unspecified atom stereocenters. The smallest absolute Gasteiger partial charge is 0.0215 e. The number of fused-ring (bicyclic) bond motifs is 6. The lowest BCUT2D eigenvalue weighted by Crippen LogP contribution is -1.99. The van der Waals surface area contributed by atoms with Gasteiger partial charge in [-0.25, -0.2) is 0 Å². The highest BCUT2D eigenvalue weighted by atomic mass is 127. The molecule has 0 aliphatic rings. The van der Waals surface area contributed by atoms with Crippen molar-refractivity contribution in [2.24, 2.45) is 0 Å². The van der Waals surface area contributed by atoms with Crippen LogP contribution in [0.15, 0.2) is 158 Å². The largest absolute Gasteiger partial charge is 0.0622 e. The summed E-state index contributed by atoms with van der Waals surface area (Å²) in [5, 5.41) is 7.83. The number of hydrogen-bond donors (Lipinski definition) is 0. The van der Waals surface area contributed by atoms with E-state index < -0.39 is 0 Å².